The highest BCUT2D eigenvalue weighted by Crippen LogP contribution is 2.35. The van der Waals surface area contributed by atoms with Gasteiger partial charge < -0.3 is 4.74 Å². The predicted octanol–water partition coefficient (Wildman–Crippen LogP) is 8.21. The third-order valence-corrected chi connectivity index (χ3v) is 6.44. The third-order valence-electron chi connectivity index (χ3n) is 6.44. The number of halogens is 1. The Balaban J connectivity index is 1.76. The number of benzene rings is 2. The summed E-state index contributed by atoms with van der Waals surface area (Å²) >= 11 is 0. The van der Waals surface area contributed by atoms with Crippen molar-refractivity contribution in [2.45, 2.75) is 84.7 Å². The maximum absolute atomic E-state index is 15.0. The van der Waals surface area contributed by atoms with Gasteiger partial charge in [0.2, 0.25) is 0 Å². The van der Waals surface area contributed by atoms with E-state index in [-0.39, 0.29) is 11.9 Å². The maximum atomic E-state index is 15.0. The molecular formula is C27H37FO. The van der Waals surface area contributed by atoms with Crippen LogP contribution in [0.1, 0.15) is 77.7 Å². The van der Waals surface area contributed by atoms with Crippen molar-refractivity contribution < 1.29 is 9.13 Å². The molecule has 0 radical (unpaired) electrons. The molecule has 2 heteroatoms. The summed E-state index contributed by atoms with van der Waals surface area (Å²) in [5.41, 5.74) is 3.30. The number of hydrogen-bond donors (Lipinski definition) is 0. The fourth-order valence-electron chi connectivity index (χ4n) is 4.83. The zero-order valence-corrected chi connectivity index (χ0v) is 18.4. The average molecular weight is 397 g/mol. The Kier molecular flexibility index (Phi) is 8.15. The van der Waals surface area contributed by atoms with Crippen molar-refractivity contribution in [2.24, 2.45) is 11.8 Å². The van der Waals surface area contributed by atoms with Gasteiger partial charge in [-0.1, -0.05) is 83.2 Å². The monoisotopic (exact) mass is 396 g/mol. The van der Waals surface area contributed by atoms with E-state index in [9.17, 15) is 4.39 Å². The molecule has 0 saturated heterocycles. The molecule has 0 spiro atoms. The molecule has 0 bridgehead atoms. The summed E-state index contributed by atoms with van der Waals surface area (Å²) in [6.07, 6.45) is 10.9. The van der Waals surface area contributed by atoms with Crippen LogP contribution in [0.5, 0.6) is 5.75 Å². The summed E-state index contributed by atoms with van der Waals surface area (Å²) in [5, 5.41) is 0. The van der Waals surface area contributed by atoms with Crippen LogP contribution in [0.3, 0.4) is 0 Å². The molecule has 1 saturated carbocycles. The number of rotatable bonds is 9. The molecule has 2 aromatic carbocycles. The van der Waals surface area contributed by atoms with E-state index in [1.165, 1.54) is 37.7 Å². The standard InChI is InChI=1S/C27H37FO/c1-4-9-20(3)27(23-11-7-6-8-12-23)29-26-18-17-24(19-25(26)28)22-15-13-21(10-5-2)14-16-22/h13-20,23,27H,4-12H2,1-3H3. The van der Waals surface area contributed by atoms with E-state index in [4.69, 9.17) is 4.74 Å². The molecule has 3 rings (SSSR count). The second-order valence-corrected chi connectivity index (χ2v) is 8.84. The summed E-state index contributed by atoms with van der Waals surface area (Å²) in [6.45, 7) is 6.67. The fraction of sp³-hybridized carbons (Fsp3) is 0.556. The van der Waals surface area contributed by atoms with E-state index in [0.29, 0.717) is 17.6 Å². The van der Waals surface area contributed by atoms with E-state index in [1.807, 2.05) is 12.1 Å². The molecule has 0 aliphatic heterocycles. The molecule has 0 aromatic heterocycles. The van der Waals surface area contributed by atoms with Crippen molar-refractivity contribution in [1.29, 1.82) is 0 Å². The lowest BCUT2D eigenvalue weighted by Crippen LogP contribution is -2.35. The van der Waals surface area contributed by atoms with Crippen LogP contribution in [0, 0.1) is 17.7 Å². The molecule has 1 aliphatic carbocycles. The Morgan fingerprint density at radius 2 is 1.62 bits per heavy atom. The molecule has 0 heterocycles. The van der Waals surface area contributed by atoms with Gasteiger partial charge in [0.05, 0.1) is 0 Å². The molecule has 0 N–H and O–H groups in total. The normalized spacial score (nSPS) is 17.1. The number of ether oxygens (including phenoxy) is 1. The first kappa shape index (κ1) is 21.9. The topological polar surface area (TPSA) is 9.23 Å². The van der Waals surface area contributed by atoms with Gasteiger partial charge in [-0.25, -0.2) is 4.39 Å². The fourth-order valence-corrected chi connectivity index (χ4v) is 4.83. The van der Waals surface area contributed by atoms with Gasteiger partial charge in [-0.2, -0.15) is 0 Å². The van der Waals surface area contributed by atoms with Crippen molar-refractivity contribution in [3.8, 4) is 16.9 Å². The van der Waals surface area contributed by atoms with E-state index in [1.54, 1.807) is 6.07 Å². The molecule has 1 aliphatic rings. The SMILES string of the molecule is CCCc1ccc(-c2ccc(OC(C(C)CCC)C3CCCCC3)c(F)c2)cc1. The minimum Gasteiger partial charge on any atom is -0.487 e. The Morgan fingerprint density at radius 3 is 2.24 bits per heavy atom. The quantitative estimate of drug-likeness (QED) is 0.415. The lowest BCUT2D eigenvalue weighted by atomic mass is 9.79. The summed E-state index contributed by atoms with van der Waals surface area (Å²) in [5.74, 6) is 1.17. The highest BCUT2D eigenvalue weighted by molar-refractivity contribution is 5.64. The Morgan fingerprint density at radius 1 is 0.931 bits per heavy atom. The van der Waals surface area contributed by atoms with Crippen molar-refractivity contribution in [3.05, 3.63) is 53.8 Å². The summed E-state index contributed by atoms with van der Waals surface area (Å²) in [6, 6.07) is 13.9. The average Bonchev–Trinajstić information content (AvgIpc) is 2.74. The molecule has 2 unspecified atom stereocenters. The number of aryl methyl sites for hydroxylation is 1. The van der Waals surface area contributed by atoms with Crippen LogP contribution in [0.15, 0.2) is 42.5 Å². The van der Waals surface area contributed by atoms with Gasteiger partial charge >= 0.3 is 0 Å². The van der Waals surface area contributed by atoms with E-state index in [2.05, 4.69) is 45.0 Å². The molecule has 1 nitrogen and oxygen atoms in total. The Hall–Kier alpha value is -1.83. The predicted molar refractivity (Wildman–Crippen MR) is 121 cm³/mol. The van der Waals surface area contributed by atoms with Crippen LogP contribution < -0.4 is 4.74 Å². The van der Waals surface area contributed by atoms with Gasteiger partial charge in [0.25, 0.3) is 0 Å². The van der Waals surface area contributed by atoms with Crippen LogP contribution in [-0.4, -0.2) is 6.10 Å². The second kappa shape index (κ2) is 10.8. The molecule has 1 fully saturated rings. The van der Waals surface area contributed by atoms with Crippen LogP contribution in [0.25, 0.3) is 11.1 Å². The van der Waals surface area contributed by atoms with Crippen LogP contribution in [-0.2, 0) is 6.42 Å². The first-order valence-corrected chi connectivity index (χ1v) is 11.7. The van der Waals surface area contributed by atoms with Crippen LogP contribution >= 0.6 is 0 Å². The van der Waals surface area contributed by atoms with E-state index < -0.39 is 0 Å². The third kappa shape index (κ3) is 5.84. The molecular weight excluding hydrogens is 359 g/mol. The first-order valence-electron chi connectivity index (χ1n) is 11.7. The van der Waals surface area contributed by atoms with E-state index in [0.717, 1.165) is 36.8 Å². The van der Waals surface area contributed by atoms with Gasteiger partial charge in [0, 0.05) is 0 Å². The van der Waals surface area contributed by atoms with Gasteiger partial charge in [-0.15, -0.1) is 0 Å². The molecule has 29 heavy (non-hydrogen) atoms. The van der Waals surface area contributed by atoms with Crippen LogP contribution in [0.4, 0.5) is 4.39 Å². The zero-order valence-electron chi connectivity index (χ0n) is 18.4. The summed E-state index contributed by atoms with van der Waals surface area (Å²) in [4.78, 5) is 0. The maximum Gasteiger partial charge on any atom is 0.165 e. The van der Waals surface area contributed by atoms with E-state index >= 15 is 0 Å². The molecule has 2 aromatic rings. The van der Waals surface area contributed by atoms with Crippen molar-refractivity contribution in [2.75, 3.05) is 0 Å². The Labute approximate surface area is 176 Å². The van der Waals surface area contributed by atoms with Gasteiger partial charge in [0.1, 0.15) is 6.10 Å². The molecule has 158 valence electrons. The summed E-state index contributed by atoms with van der Waals surface area (Å²) in [7, 11) is 0. The van der Waals surface area contributed by atoms with Gasteiger partial charge in [0.15, 0.2) is 11.6 Å². The molecule has 0 amide bonds. The number of hydrogen-bond acceptors (Lipinski definition) is 1. The van der Waals surface area contributed by atoms with Gasteiger partial charge in [-0.3, -0.25) is 0 Å². The highest BCUT2D eigenvalue weighted by Gasteiger charge is 2.30. The smallest absolute Gasteiger partial charge is 0.165 e. The van der Waals surface area contributed by atoms with Crippen molar-refractivity contribution in [1.82, 2.24) is 0 Å². The van der Waals surface area contributed by atoms with Crippen LogP contribution in [0.2, 0.25) is 0 Å². The summed E-state index contributed by atoms with van der Waals surface area (Å²) < 4.78 is 21.4. The van der Waals surface area contributed by atoms with Gasteiger partial charge in [-0.05, 0) is 66.3 Å². The highest BCUT2D eigenvalue weighted by atomic mass is 19.1. The minimum atomic E-state index is -0.246. The first-order chi connectivity index (χ1) is 14.1. The lowest BCUT2D eigenvalue weighted by Gasteiger charge is -2.34. The zero-order chi connectivity index (χ0) is 20.6. The van der Waals surface area contributed by atoms with Crippen molar-refractivity contribution >= 4 is 0 Å². The molecule has 2 atom stereocenters. The minimum absolute atomic E-state index is 0.115. The lowest BCUT2D eigenvalue weighted by molar-refractivity contribution is 0.0547. The van der Waals surface area contributed by atoms with Crippen molar-refractivity contribution in [3.63, 3.8) is 0 Å². The Bertz CT molecular complexity index is 746. The largest absolute Gasteiger partial charge is 0.487 e. The second-order valence-electron chi connectivity index (χ2n) is 8.84.